The summed E-state index contributed by atoms with van der Waals surface area (Å²) in [6.07, 6.45) is 7.71. The first-order valence-electron chi connectivity index (χ1n) is 8.38. The number of rotatable bonds is 6. The van der Waals surface area contributed by atoms with Crippen molar-refractivity contribution in [1.29, 1.82) is 0 Å². The van der Waals surface area contributed by atoms with Crippen LogP contribution in [0.25, 0.3) is 0 Å². The van der Waals surface area contributed by atoms with Gasteiger partial charge in [0.25, 0.3) is 0 Å². The molecule has 2 unspecified atom stereocenters. The summed E-state index contributed by atoms with van der Waals surface area (Å²) in [7, 11) is -1.79. The minimum atomic E-state index is -3.51. The molecule has 0 radical (unpaired) electrons. The summed E-state index contributed by atoms with van der Waals surface area (Å²) in [5.74, 6) is 1.45. The molecule has 9 heteroatoms. The van der Waals surface area contributed by atoms with Crippen LogP contribution in [-0.2, 0) is 10.0 Å². The van der Waals surface area contributed by atoms with E-state index in [0.29, 0.717) is 12.6 Å². The van der Waals surface area contributed by atoms with Gasteiger partial charge in [-0.3, -0.25) is 9.98 Å². The molecule has 142 valence electrons. The van der Waals surface area contributed by atoms with Crippen molar-refractivity contribution in [2.24, 2.45) is 10.9 Å². The van der Waals surface area contributed by atoms with E-state index in [1.54, 1.807) is 19.3 Å². The van der Waals surface area contributed by atoms with Crippen LogP contribution in [0.3, 0.4) is 0 Å². The number of guanidine groups is 1. The third-order valence-corrected chi connectivity index (χ3v) is 5.60. The van der Waals surface area contributed by atoms with Gasteiger partial charge in [-0.05, 0) is 30.9 Å². The highest BCUT2D eigenvalue weighted by Crippen LogP contribution is 2.23. The highest BCUT2D eigenvalue weighted by Gasteiger charge is 2.19. The number of hydrogen-bond donors (Lipinski definition) is 3. The van der Waals surface area contributed by atoms with Gasteiger partial charge in [0.2, 0.25) is 10.0 Å². The standard InChI is InChI=1S/C16H27N5O2S.HI/c1-13-5-3-6-14(11-13)21-16(17-2)19-9-10-20-24(22,23)15-7-4-8-18-12-15;/h4,7-8,12-14,20H,3,5-6,9-11H2,1-2H3,(H2,17,19,21);1H. The van der Waals surface area contributed by atoms with Crippen molar-refractivity contribution in [1.82, 2.24) is 20.3 Å². The van der Waals surface area contributed by atoms with Crippen molar-refractivity contribution in [2.45, 2.75) is 43.5 Å². The third kappa shape index (κ3) is 7.45. The quantitative estimate of drug-likeness (QED) is 0.249. The Balaban J connectivity index is 0.00000312. The van der Waals surface area contributed by atoms with Gasteiger partial charge in [0, 0.05) is 38.6 Å². The summed E-state index contributed by atoms with van der Waals surface area (Å²) in [6, 6.07) is 3.56. The molecule has 0 amide bonds. The fourth-order valence-corrected chi connectivity index (χ4v) is 3.90. The molecule has 1 aliphatic carbocycles. The second-order valence-corrected chi connectivity index (χ2v) is 7.97. The largest absolute Gasteiger partial charge is 0.355 e. The molecule has 0 spiro atoms. The van der Waals surface area contributed by atoms with Crippen LogP contribution in [0, 0.1) is 5.92 Å². The van der Waals surface area contributed by atoms with Gasteiger partial charge in [0.15, 0.2) is 5.96 Å². The predicted molar refractivity (Wildman–Crippen MR) is 111 cm³/mol. The van der Waals surface area contributed by atoms with Crippen LogP contribution < -0.4 is 15.4 Å². The first kappa shape index (κ1) is 22.1. The van der Waals surface area contributed by atoms with E-state index in [9.17, 15) is 8.42 Å². The average molecular weight is 481 g/mol. The van der Waals surface area contributed by atoms with Crippen LogP contribution >= 0.6 is 24.0 Å². The molecule has 25 heavy (non-hydrogen) atoms. The van der Waals surface area contributed by atoms with Crippen molar-refractivity contribution < 1.29 is 8.42 Å². The predicted octanol–water partition coefficient (Wildman–Crippen LogP) is 1.72. The minimum Gasteiger partial charge on any atom is -0.355 e. The summed E-state index contributed by atoms with van der Waals surface area (Å²) in [6.45, 7) is 3.01. The Morgan fingerprint density at radius 2 is 2.16 bits per heavy atom. The molecule has 1 saturated carbocycles. The lowest BCUT2D eigenvalue weighted by Gasteiger charge is -2.28. The Kier molecular flexibility index (Phi) is 9.65. The van der Waals surface area contributed by atoms with Gasteiger partial charge in [-0.15, -0.1) is 24.0 Å². The first-order valence-corrected chi connectivity index (χ1v) is 9.86. The van der Waals surface area contributed by atoms with E-state index >= 15 is 0 Å². The summed E-state index contributed by atoms with van der Waals surface area (Å²) >= 11 is 0. The molecule has 0 saturated heterocycles. The number of pyridine rings is 1. The monoisotopic (exact) mass is 481 g/mol. The molecule has 2 atom stereocenters. The highest BCUT2D eigenvalue weighted by molar-refractivity contribution is 14.0. The molecule has 0 aromatic carbocycles. The van der Waals surface area contributed by atoms with Gasteiger partial charge in [-0.1, -0.05) is 19.8 Å². The SMILES string of the molecule is CN=C(NCCNS(=O)(=O)c1cccnc1)NC1CCCC(C)C1.I. The first-order chi connectivity index (χ1) is 11.5. The molecule has 7 nitrogen and oxygen atoms in total. The van der Waals surface area contributed by atoms with Crippen molar-refractivity contribution >= 4 is 40.0 Å². The second kappa shape index (κ2) is 10.9. The molecule has 2 rings (SSSR count). The van der Waals surface area contributed by atoms with Crippen LogP contribution in [0.2, 0.25) is 0 Å². The Morgan fingerprint density at radius 3 is 2.80 bits per heavy atom. The Labute approximate surface area is 167 Å². The van der Waals surface area contributed by atoms with Crippen LogP contribution in [0.1, 0.15) is 32.6 Å². The highest BCUT2D eigenvalue weighted by atomic mass is 127. The summed E-state index contributed by atoms with van der Waals surface area (Å²) < 4.78 is 26.7. The Morgan fingerprint density at radius 1 is 1.36 bits per heavy atom. The van der Waals surface area contributed by atoms with Crippen LogP contribution in [0.15, 0.2) is 34.4 Å². The maximum absolute atomic E-state index is 12.1. The molecule has 1 heterocycles. The van der Waals surface area contributed by atoms with Crippen molar-refractivity contribution in [3.05, 3.63) is 24.5 Å². The Hall–Kier alpha value is -0.940. The lowest BCUT2D eigenvalue weighted by atomic mass is 9.87. The Bertz CT molecular complexity index is 639. The zero-order valence-corrected chi connectivity index (χ0v) is 17.9. The minimum absolute atomic E-state index is 0. The zero-order valence-electron chi connectivity index (χ0n) is 14.7. The fraction of sp³-hybridized carbons (Fsp3) is 0.625. The van der Waals surface area contributed by atoms with Crippen molar-refractivity contribution in [3.63, 3.8) is 0 Å². The van der Waals surface area contributed by atoms with Gasteiger partial charge in [0.05, 0.1) is 0 Å². The van der Waals surface area contributed by atoms with E-state index in [2.05, 4.69) is 32.3 Å². The van der Waals surface area contributed by atoms with Crippen molar-refractivity contribution in [2.75, 3.05) is 20.1 Å². The van der Waals surface area contributed by atoms with E-state index in [1.165, 1.54) is 25.1 Å². The normalized spacial score (nSPS) is 21.3. The molecular formula is C16H28IN5O2S. The number of hydrogen-bond acceptors (Lipinski definition) is 4. The van der Waals surface area contributed by atoms with Gasteiger partial charge in [0.1, 0.15) is 4.90 Å². The topological polar surface area (TPSA) is 95.5 Å². The average Bonchev–Trinajstić information content (AvgIpc) is 2.58. The van der Waals surface area contributed by atoms with E-state index < -0.39 is 10.0 Å². The van der Waals surface area contributed by atoms with E-state index in [0.717, 1.165) is 24.7 Å². The number of sulfonamides is 1. The molecule has 1 aromatic rings. The van der Waals surface area contributed by atoms with Gasteiger partial charge in [-0.2, -0.15) is 0 Å². The van der Waals surface area contributed by atoms with Crippen LogP contribution in [0.4, 0.5) is 0 Å². The zero-order chi connectivity index (χ0) is 17.4. The third-order valence-electron chi connectivity index (χ3n) is 4.16. The van der Waals surface area contributed by atoms with Gasteiger partial charge < -0.3 is 10.6 Å². The molecule has 3 N–H and O–H groups in total. The van der Waals surface area contributed by atoms with Gasteiger partial charge in [-0.25, -0.2) is 13.1 Å². The summed E-state index contributed by atoms with van der Waals surface area (Å²) in [4.78, 5) is 8.20. The van der Waals surface area contributed by atoms with Crippen molar-refractivity contribution in [3.8, 4) is 0 Å². The molecule has 1 aromatic heterocycles. The van der Waals surface area contributed by atoms with Crippen LogP contribution in [-0.4, -0.2) is 45.5 Å². The second-order valence-electron chi connectivity index (χ2n) is 6.20. The molecule has 1 fully saturated rings. The summed E-state index contributed by atoms with van der Waals surface area (Å²) in [5.41, 5.74) is 0. The van der Waals surface area contributed by atoms with E-state index in [1.807, 2.05) is 0 Å². The number of aliphatic imine (C=N–C) groups is 1. The lowest BCUT2D eigenvalue weighted by Crippen LogP contribution is -2.46. The van der Waals surface area contributed by atoms with Crippen LogP contribution in [0.5, 0.6) is 0 Å². The molecule has 0 bridgehead atoms. The molecular weight excluding hydrogens is 453 g/mol. The number of halogens is 1. The lowest BCUT2D eigenvalue weighted by molar-refractivity contribution is 0.324. The van der Waals surface area contributed by atoms with E-state index in [4.69, 9.17) is 0 Å². The fourth-order valence-electron chi connectivity index (χ4n) is 2.91. The summed E-state index contributed by atoms with van der Waals surface area (Å²) in [5, 5.41) is 6.57. The smallest absolute Gasteiger partial charge is 0.242 e. The number of aromatic nitrogens is 1. The molecule has 1 aliphatic rings. The number of nitrogens with zero attached hydrogens (tertiary/aromatic N) is 2. The maximum Gasteiger partial charge on any atom is 0.242 e. The van der Waals surface area contributed by atoms with E-state index in [-0.39, 0.29) is 35.4 Å². The molecule has 0 aliphatic heterocycles. The maximum atomic E-state index is 12.1. The van der Waals surface area contributed by atoms with Gasteiger partial charge >= 0.3 is 0 Å². The number of nitrogens with one attached hydrogen (secondary N) is 3.